The summed E-state index contributed by atoms with van der Waals surface area (Å²) in [4.78, 5) is 13.2. The number of rotatable bonds is 7. The van der Waals surface area contributed by atoms with Crippen molar-refractivity contribution >= 4 is 33.6 Å². The van der Waals surface area contributed by atoms with E-state index in [0.29, 0.717) is 5.69 Å². The normalized spacial score (nSPS) is 11.2. The number of hydrogen-bond donors (Lipinski definition) is 1. The number of carbonyl (C=O) groups is 1. The maximum absolute atomic E-state index is 13.2. The molecule has 4 aromatic carbocycles. The molecule has 1 N–H and O–H groups in total. The van der Waals surface area contributed by atoms with Crippen LogP contribution in [0.1, 0.15) is 18.1 Å². The van der Waals surface area contributed by atoms with Crippen molar-refractivity contribution in [2.45, 2.75) is 13.3 Å². The molecule has 5 rings (SSSR count). The van der Waals surface area contributed by atoms with Crippen molar-refractivity contribution in [3.05, 3.63) is 136 Å². The van der Waals surface area contributed by atoms with Crippen LogP contribution in [0.5, 0.6) is 0 Å². The maximum atomic E-state index is 13.2. The van der Waals surface area contributed by atoms with Crippen LogP contribution in [0.3, 0.4) is 0 Å². The molecule has 1 amide bonds. The summed E-state index contributed by atoms with van der Waals surface area (Å²) in [5, 5.41) is 12.9. The molecule has 0 saturated carbocycles. The molecule has 0 bridgehead atoms. The van der Waals surface area contributed by atoms with Crippen LogP contribution < -0.4 is 5.32 Å². The molecule has 5 aromatic rings. The minimum absolute atomic E-state index is 0.0271. The van der Waals surface area contributed by atoms with Crippen molar-refractivity contribution in [3.8, 4) is 34.3 Å². The summed E-state index contributed by atoms with van der Waals surface area (Å²) in [6.07, 6.45) is 2.60. The van der Waals surface area contributed by atoms with Gasteiger partial charge in [-0.2, -0.15) is 5.26 Å². The zero-order valence-corrected chi connectivity index (χ0v) is 23.0. The largest absolute Gasteiger partial charge is 0.321 e. The van der Waals surface area contributed by atoms with E-state index in [0.717, 1.165) is 44.7 Å². The third-order valence-corrected chi connectivity index (χ3v) is 7.05. The predicted molar refractivity (Wildman–Crippen MR) is 162 cm³/mol. The first-order valence-corrected chi connectivity index (χ1v) is 13.5. The van der Waals surface area contributed by atoms with Crippen molar-refractivity contribution < 1.29 is 4.79 Å². The Hall–Kier alpha value is -4.66. The second-order valence-electron chi connectivity index (χ2n) is 9.05. The van der Waals surface area contributed by atoms with Gasteiger partial charge in [-0.3, -0.25) is 4.79 Å². The van der Waals surface area contributed by atoms with E-state index in [1.165, 1.54) is 5.56 Å². The first-order valence-electron chi connectivity index (χ1n) is 12.7. The fourth-order valence-electron chi connectivity index (χ4n) is 4.54. The van der Waals surface area contributed by atoms with Gasteiger partial charge in [0, 0.05) is 21.4 Å². The fraction of sp³-hybridized carbons (Fsp3) is 0.0588. The minimum atomic E-state index is -0.446. The van der Waals surface area contributed by atoms with Gasteiger partial charge in [0.1, 0.15) is 11.6 Å². The van der Waals surface area contributed by atoms with Crippen molar-refractivity contribution in [2.75, 3.05) is 5.32 Å². The van der Waals surface area contributed by atoms with Gasteiger partial charge >= 0.3 is 0 Å². The number of nitriles is 1. The first-order chi connectivity index (χ1) is 19.1. The van der Waals surface area contributed by atoms with Crippen molar-refractivity contribution in [1.29, 1.82) is 5.26 Å². The number of aryl methyl sites for hydroxylation is 1. The lowest BCUT2D eigenvalue weighted by molar-refractivity contribution is -0.112. The standard InChI is InChI=1S/C34H26BrN3O/c1-2-24-13-17-30(18-14-24)37-34(39)28(23-36)21-27-22-32(25-9-5-3-6-10-25)38(31-19-15-29(35)16-20-31)33(27)26-11-7-4-8-12-26/h3-22H,2H2,1H3,(H,37,39)/b28-21+. The summed E-state index contributed by atoms with van der Waals surface area (Å²) in [5.41, 5.74) is 7.45. The van der Waals surface area contributed by atoms with Crippen LogP contribution >= 0.6 is 15.9 Å². The number of carbonyl (C=O) groups excluding carboxylic acids is 1. The third-order valence-electron chi connectivity index (χ3n) is 6.52. The molecule has 0 unspecified atom stereocenters. The number of aromatic nitrogens is 1. The smallest absolute Gasteiger partial charge is 0.266 e. The first kappa shape index (κ1) is 26.0. The van der Waals surface area contributed by atoms with Crippen molar-refractivity contribution in [3.63, 3.8) is 0 Å². The summed E-state index contributed by atoms with van der Waals surface area (Å²) in [5.74, 6) is -0.446. The molecular weight excluding hydrogens is 546 g/mol. The third kappa shape index (κ3) is 5.77. The van der Waals surface area contributed by atoms with E-state index in [1.54, 1.807) is 6.08 Å². The second-order valence-corrected chi connectivity index (χ2v) is 9.97. The molecule has 0 aliphatic rings. The van der Waals surface area contributed by atoms with Gasteiger partial charge in [0.2, 0.25) is 0 Å². The molecule has 5 heteroatoms. The van der Waals surface area contributed by atoms with E-state index in [-0.39, 0.29) is 5.57 Å². The number of benzene rings is 4. The highest BCUT2D eigenvalue weighted by Gasteiger charge is 2.20. The lowest BCUT2D eigenvalue weighted by Crippen LogP contribution is -2.13. The molecule has 0 aliphatic heterocycles. The average molecular weight is 573 g/mol. The van der Waals surface area contributed by atoms with Crippen LogP contribution in [-0.4, -0.2) is 10.5 Å². The SMILES string of the molecule is CCc1ccc(NC(=O)/C(C#N)=C/c2cc(-c3ccccc3)n(-c3ccc(Br)cc3)c2-c2ccccc2)cc1. The number of nitrogens with zero attached hydrogens (tertiary/aromatic N) is 2. The quantitative estimate of drug-likeness (QED) is 0.157. The van der Waals surface area contributed by atoms with Crippen LogP contribution in [0.15, 0.2) is 125 Å². The molecule has 0 atom stereocenters. The molecule has 0 saturated heterocycles. The molecule has 0 aliphatic carbocycles. The number of halogens is 1. The Bertz CT molecular complexity index is 1660. The highest BCUT2D eigenvalue weighted by Crippen LogP contribution is 2.37. The molecule has 1 aromatic heterocycles. The fourth-order valence-corrected chi connectivity index (χ4v) is 4.80. The van der Waals surface area contributed by atoms with E-state index in [4.69, 9.17) is 0 Å². The zero-order valence-electron chi connectivity index (χ0n) is 21.4. The van der Waals surface area contributed by atoms with E-state index < -0.39 is 5.91 Å². The Morgan fingerprint density at radius 2 is 1.49 bits per heavy atom. The van der Waals surface area contributed by atoms with Crippen molar-refractivity contribution in [1.82, 2.24) is 4.57 Å². The lowest BCUT2D eigenvalue weighted by Gasteiger charge is -2.15. The van der Waals surface area contributed by atoms with Crippen LogP contribution in [0.4, 0.5) is 5.69 Å². The number of nitrogens with one attached hydrogen (secondary N) is 1. The molecule has 4 nitrogen and oxygen atoms in total. The molecule has 0 spiro atoms. The summed E-state index contributed by atoms with van der Waals surface area (Å²) >= 11 is 3.54. The van der Waals surface area contributed by atoms with Gasteiger partial charge < -0.3 is 9.88 Å². The van der Waals surface area contributed by atoms with Gasteiger partial charge in [0.15, 0.2) is 0 Å². The Morgan fingerprint density at radius 1 is 0.872 bits per heavy atom. The monoisotopic (exact) mass is 571 g/mol. The van der Waals surface area contributed by atoms with Gasteiger partial charge in [-0.15, -0.1) is 0 Å². The summed E-state index contributed by atoms with van der Waals surface area (Å²) in [6.45, 7) is 2.08. The number of anilines is 1. The number of hydrogen-bond acceptors (Lipinski definition) is 2. The van der Waals surface area contributed by atoms with Gasteiger partial charge in [0.25, 0.3) is 5.91 Å². The summed E-state index contributed by atoms with van der Waals surface area (Å²) in [7, 11) is 0. The highest BCUT2D eigenvalue weighted by atomic mass is 79.9. The van der Waals surface area contributed by atoms with E-state index in [2.05, 4.69) is 50.9 Å². The van der Waals surface area contributed by atoms with Gasteiger partial charge in [-0.25, -0.2) is 0 Å². The molecule has 1 heterocycles. The molecule has 0 fully saturated rings. The Kier molecular flexibility index (Phi) is 7.86. The lowest BCUT2D eigenvalue weighted by atomic mass is 10.0. The van der Waals surface area contributed by atoms with Gasteiger partial charge in [0.05, 0.1) is 11.4 Å². The summed E-state index contributed by atoms with van der Waals surface area (Å²) in [6, 6.07) is 40.1. The van der Waals surface area contributed by atoms with Crippen LogP contribution in [-0.2, 0) is 11.2 Å². The second kappa shape index (κ2) is 11.8. The zero-order chi connectivity index (χ0) is 27.2. The number of amides is 1. The molecule has 190 valence electrons. The van der Waals surface area contributed by atoms with Crippen molar-refractivity contribution in [2.24, 2.45) is 0 Å². The van der Waals surface area contributed by atoms with E-state index >= 15 is 0 Å². The van der Waals surface area contributed by atoms with Crippen LogP contribution in [0.2, 0.25) is 0 Å². The predicted octanol–water partition coefficient (Wildman–Crippen LogP) is 8.68. The Morgan fingerprint density at radius 3 is 2.08 bits per heavy atom. The molecular formula is C34H26BrN3O. The van der Waals surface area contributed by atoms with E-state index in [1.807, 2.05) is 103 Å². The van der Waals surface area contributed by atoms with Crippen LogP contribution in [0.25, 0.3) is 34.3 Å². The Labute approximate surface area is 237 Å². The summed E-state index contributed by atoms with van der Waals surface area (Å²) < 4.78 is 3.16. The molecule has 39 heavy (non-hydrogen) atoms. The highest BCUT2D eigenvalue weighted by molar-refractivity contribution is 9.10. The maximum Gasteiger partial charge on any atom is 0.266 e. The average Bonchev–Trinajstić information content (AvgIpc) is 3.36. The topological polar surface area (TPSA) is 57.8 Å². The molecule has 0 radical (unpaired) electrons. The van der Waals surface area contributed by atoms with E-state index in [9.17, 15) is 10.1 Å². The van der Waals surface area contributed by atoms with Gasteiger partial charge in [-0.05, 0) is 71.7 Å². The van der Waals surface area contributed by atoms with Crippen LogP contribution in [0, 0.1) is 11.3 Å². The van der Waals surface area contributed by atoms with Gasteiger partial charge in [-0.1, -0.05) is 95.7 Å². The Balaban J connectivity index is 1.68. The minimum Gasteiger partial charge on any atom is -0.321 e.